The van der Waals surface area contributed by atoms with Crippen LogP contribution >= 0.6 is 0 Å². The Morgan fingerprint density at radius 1 is 0.632 bits per heavy atom. The second-order valence-electron chi connectivity index (χ2n) is 5.10. The third-order valence-corrected chi connectivity index (χ3v) is 3.96. The molecule has 2 unspecified atom stereocenters. The molecule has 0 saturated carbocycles. The lowest BCUT2D eigenvalue weighted by Crippen LogP contribution is -2.22. The largest absolute Gasteiger partial charge is 0.296 e. The number of rotatable bonds is 2. The molecule has 0 aromatic heterocycles. The number of hydrogen-bond acceptors (Lipinski definition) is 1. The van der Waals surface area contributed by atoms with Gasteiger partial charge in [-0.05, 0) is 22.3 Å². The lowest BCUT2D eigenvalue weighted by Gasteiger charge is -2.19. The highest BCUT2D eigenvalue weighted by molar-refractivity contribution is 5.64. The van der Waals surface area contributed by atoms with Gasteiger partial charge in [-0.1, -0.05) is 72.8 Å². The van der Waals surface area contributed by atoms with Crippen LogP contribution in [0.3, 0.4) is 0 Å². The summed E-state index contributed by atoms with van der Waals surface area (Å²) in [6, 6.07) is 17.8. The van der Waals surface area contributed by atoms with E-state index in [1.54, 1.807) is 0 Å². The summed E-state index contributed by atoms with van der Waals surface area (Å²) in [5, 5.41) is 3.72. The Kier molecular flexibility index (Phi) is 2.39. The van der Waals surface area contributed by atoms with Crippen LogP contribution in [0.1, 0.15) is 34.3 Å². The van der Waals surface area contributed by atoms with Gasteiger partial charge in [-0.25, -0.2) is 0 Å². The highest BCUT2D eigenvalue weighted by Gasteiger charge is 2.22. The van der Waals surface area contributed by atoms with Gasteiger partial charge >= 0.3 is 0 Å². The molecule has 2 aliphatic carbocycles. The van der Waals surface area contributed by atoms with E-state index in [0.717, 1.165) is 0 Å². The smallest absolute Gasteiger partial charge is 0.0522 e. The molecule has 4 rings (SSSR count). The van der Waals surface area contributed by atoms with E-state index in [1.165, 1.54) is 22.3 Å². The molecule has 19 heavy (non-hydrogen) atoms. The second-order valence-corrected chi connectivity index (χ2v) is 5.10. The molecular weight excluding hydrogens is 230 g/mol. The SMILES string of the molecule is C1=CC(NC2C=Cc3ccccc32)c2ccccc21. The fourth-order valence-electron chi connectivity index (χ4n) is 2.98. The van der Waals surface area contributed by atoms with Crippen LogP contribution in [0.4, 0.5) is 0 Å². The molecule has 1 nitrogen and oxygen atoms in total. The van der Waals surface area contributed by atoms with E-state index in [0.29, 0.717) is 12.1 Å². The van der Waals surface area contributed by atoms with Crippen LogP contribution in [0.2, 0.25) is 0 Å². The van der Waals surface area contributed by atoms with Gasteiger partial charge < -0.3 is 0 Å². The molecule has 0 fully saturated rings. The predicted molar refractivity (Wildman–Crippen MR) is 79.6 cm³/mol. The van der Waals surface area contributed by atoms with E-state index in [9.17, 15) is 0 Å². The van der Waals surface area contributed by atoms with Gasteiger partial charge in [0.15, 0.2) is 0 Å². The van der Waals surface area contributed by atoms with Crippen molar-refractivity contribution in [1.82, 2.24) is 5.32 Å². The Morgan fingerprint density at radius 2 is 1.11 bits per heavy atom. The Morgan fingerprint density at radius 3 is 1.63 bits per heavy atom. The Bertz CT molecular complexity index is 622. The van der Waals surface area contributed by atoms with Gasteiger partial charge in [0.25, 0.3) is 0 Å². The van der Waals surface area contributed by atoms with E-state index in [1.807, 2.05) is 0 Å². The molecule has 0 bridgehead atoms. The van der Waals surface area contributed by atoms with Crippen molar-refractivity contribution >= 4 is 12.2 Å². The number of fused-ring (bicyclic) bond motifs is 2. The van der Waals surface area contributed by atoms with E-state index in [2.05, 4.69) is 78.2 Å². The molecule has 0 aliphatic heterocycles. The van der Waals surface area contributed by atoms with Crippen molar-refractivity contribution in [3.05, 3.63) is 82.9 Å². The minimum Gasteiger partial charge on any atom is -0.296 e. The first kappa shape index (κ1) is 10.8. The molecule has 0 heterocycles. The van der Waals surface area contributed by atoms with Crippen LogP contribution in [0.25, 0.3) is 12.2 Å². The molecule has 0 saturated heterocycles. The summed E-state index contributed by atoms with van der Waals surface area (Å²) >= 11 is 0. The van der Waals surface area contributed by atoms with Gasteiger partial charge in [0.05, 0.1) is 12.1 Å². The molecule has 0 amide bonds. The van der Waals surface area contributed by atoms with Crippen molar-refractivity contribution in [3.8, 4) is 0 Å². The van der Waals surface area contributed by atoms with Crippen molar-refractivity contribution in [2.24, 2.45) is 0 Å². The average Bonchev–Trinajstić information content (AvgIpc) is 3.05. The lowest BCUT2D eigenvalue weighted by molar-refractivity contribution is 0.574. The molecule has 2 aromatic carbocycles. The molecule has 92 valence electrons. The normalized spacial score (nSPS) is 22.5. The Hall–Kier alpha value is -2.12. The summed E-state index contributed by atoms with van der Waals surface area (Å²) in [5.74, 6) is 0. The number of hydrogen-bond donors (Lipinski definition) is 1. The fourth-order valence-corrected chi connectivity index (χ4v) is 2.98. The van der Waals surface area contributed by atoms with Crippen molar-refractivity contribution in [2.75, 3.05) is 0 Å². The zero-order valence-electron chi connectivity index (χ0n) is 10.6. The van der Waals surface area contributed by atoms with Gasteiger partial charge in [-0.15, -0.1) is 0 Å². The average molecular weight is 245 g/mol. The molecule has 0 spiro atoms. The summed E-state index contributed by atoms with van der Waals surface area (Å²) in [6.45, 7) is 0. The third-order valence-electron chi connectivity index (χ3n) is 3.96. The zero-order valence-corrected chi connectivity index (χ0v) is 10.6. The third kappa shape index (κ3) is 1.74. The van der Waals surface area contributed by atoms with Crippen LogP contribution in [-0.2, 0) is 0 Å². The lowest BCUT2D eigenvalue weighted by atomic mass is 10.0. The molecule has 0 radical (unpaired) electrons. The summed E-state index contributed by atoms with van der Waals surface area (Å²) in [5.41, 5.74) is 5.41. The molecule has 2 atom stereocenters. The topological polar surface area (TPSA) is 12.0 Å². The van der Waals surface area contributed by atoms with Crippen molar-refractivity contribution in [1.29, 1.82) is 0 Å². The molecular formula is C18H15N. The van der Waals surface area contributed by atoms with Crippen molar-refractivity contribution in [3.63, 3.8) is 0 Å². The number of nitrogens with one attached hydrogen (secondary N) is 1. The second kappa shape index (κ2) is 4.22. The first-order valence-electron chi connectivity index (χ1n) is 6.72. The van der Waals surface area contributed by atoms with E-state index >= 15 is 0 Å². The number of benzene rings is 2. The van der Waals surface area contributed by atoms with Crippen LogP contribution in [0, 0.1) is 0 Å². The summed E-state index contributed by atoms with van der Waals surface area (Å²) < 4.78 is 0. The van der Waals surface area contributed by atoms with Crippen LogP contribution in [-0.4, -0.2) is 0 Å². The van der Waals surface area contributed by atoms with E-state index in [4.69, 9.17) is 0 Å². The van der Waals surface area contributed by atoms with Gasteiger partial charge in [0.1, 0.15) is 0 Å². The van der Waals surface area contributed by atoms with Gasteiger partial charge in [0.2, 0.25) is 0 Å². The standard InChI is InChI=1S/C18H15N/c1-3-7-15-13(5-1)9-11-17(15)19-18-12-10-14-6-2-4-8-16(14)18/h1-12,17-19H. The first-order valence-corrected chi connectivity index (χ1v) is 6.72. The maximum atomic E-state index is 3.72. The fraction of sp³-hybridized carbons (Fsp3) is 0.111. The maximum Gasteiger partial charge on any atom is 0.0522 e. The molecule has 2 aromatic rings. The molecule has 1 heteroatoms. The van der Waals surface area contributed by atoms with E-state index < -0.39 is 0 Å². The Labute approximate surface area is 113 Å². The minimum atomic E-state index is 0.317. The van der Waals surface area contributed by atoms with Gasteiger partial charge in [-0.3, -0.25) is 5.32 Å². The summed E-state index contributed by atoms with van der Waals surface area (Å²) in [4.78, 5) is 0. The van der Waals surface area contributed by atoms with Crippen LogP contribution in [0.15, 0.2) is 60.7 Å². The van der Waals surface area contributed by atoms with E-state index in [-0.39, 0.29) is 0 Å². The monoisotopic (exact) mass is 245 g/mol. The highest BCUT2D eigenvalue weighted by atomic mass is 15.0. The van der Waals surface area contributed by atoms with Gasteiger partial charge in [0, 0.05) is 0 Å². The molecule has 2 aliphatic rings. The zero-order chi connectivity index (χ0) is 12.7. The molecule has 1 N–H and O–H groups in total. The maximum absolute atomic E-state index is 3.72. The Balaban J connectivity index is 1.62. The highest BCUT2D eigenvalue weighted by Crippen LogP contribution is 2.34. The summed E-state index contributed by atoms with van der Waals surface area (Å²) in [6.07, 6.45) is 8.91. The minimum absolute atomic E-state index is 0.317. The van der Waals surface area contributed by atoms with Crippen molar-refractivity contribution in [2.45, 2.75) is 12.1 Å². The first-order chi connectivity index (χ1) is 9.42. The summed E-state index contributed by atoms with van der Waals surface area (Å²) in [7, 11) is 0. The van der Waals surface area contributed by atoms with Crippen LogP contribution in [0.5, 0.6) is 0 Å². The quantitative estimate of drug-likeness (QED) is 0.839. The van der Waals surface area contributed by atoms with Crippen molar-refractivity contribution < 1.29 is 0 Å². The van der Waals surface area contributed by atoms with Crippen LogP contribution < -0.4 is 5.32 Å². The predicted octanol–water partition coefficient (Wildman–Crippen LogP) is 4.11. The van der Waals surface area contributed by atoms with Gasteiger partial charge in [-0.2, -0.15) is 0 Å².